The predicted octanol–water partition coefficient (Wildman–Crippen LogP) is 3.00. The zero-order valence-corrected chi connectivity index (χ0v) is 10.6. The number of aromatic nitrogens is 2. The van der Waals surface area contributed by atoms with E-state index in [1.165, 1.54) is 17.5 Å². The van der Waals surface area contributed by atoms with Crippen molar-refractivity contribution in [1.29, 1.82) is 0 Å². The highest BCUT2D eigenvalue weighted by Crippen LogP contribution is 2.41. The molecule has 1 saturated carbocycles. The Kier molecular flexibility index (Phi) is 2.90. The summed E-state index contributed by atoms with van der Waals surface area (Å²) in [4.78, 5) is 19.0. The molecular formula is C12H10FN3O2S. The standard InChI is InChI=1S/C12H10FN3O2S/c13-9-7(11(17)18)3-4-14-10(9)16-12-15-8(5-19-12)6-1-2-6/h3-6H,1-2H2,(H,17,18)(H,14,15,16). The summed E-state index contributed by atoms with van der Waals surface area (Å²) in [6, 6.07) is 1.13. The van der Waals surface area contributed by atoms with Gasteiger partial charge in [-0.05, 0) is 18.9 Å². The molecule has 98 valence electrons. The maximum atomic E-state index is 13.9. The number of carbonyl (C=O) groups is 1. The molecule has 0 aliphatic heterocycles. The molecule has 2 aromatic rings. The third-order valence-electron chi connectivity index (χ3n) is 2.86. The van der Waals surface area contributed by atoms with E-state index in [4.69, 9.17) is 5.11 Å². The lowest BCUT2D eigenvalue weighted by Gasteiger charge is -2.04. The topological polar surface area (TPSA) is 75.1 Å². The number of anilines is 2. The molecule has 2 N–H and O–H groups in total. The summed E-state index contributed by atoms with van der Waals surface area (Å²) in [5.74, 6) is -1.79. The van der Waals surface area contributed by atoms with Crippen LogP contribution in [0.3, 0.4) is 0 Å². The van der Waals surface area contributed by atoms with Crippen molar-refractivity contribution in [3.8, 4) is 0 Å². The second-order valence-electron chi connectivity index (χ2n) is 4.30. The van der Waals surface area contributed by atoms with Gasteiger partial charge in [0.1, 0.15) is 5.56 Å². The maximum Gasteiger partial charge on any atom is 0.338 e. The Bertz CT molecular complexity index is 640. The number of carboxylic acids is 1. The number of pyridine rings is 1. The van der Waals surface area contributed by atoms with Crippen molar-refractivity contribution in [2.24, 2.45) is 0 Å². The van der Waals surface area contributed by atoms with Gasteiger partial charge in [-0.25, -0.2) is 19.2 Å². The van der Waals surface area contributed by atoms with Crippen LogP contribution in [0.25, 0.3) is 0 Å². The van der Waals surface area contributed by atoms with Crippen LogP contribution in [0, 0.1) is 5.82 Å². The average Bonchev–Trinajstić information content (AvgIpc) is 3.12. The fourth-order valence-corrected chi connectivity index (χ4v) is 2.50. The van der Waals surface area contributed by atoms with Gasteiger partial charge < -0.3 is 10.4 Å². The number of thiazole rings is 1. The molecule has 0 aromatic carbocycles. The van der Waals surface area contributed by atoms with Crippen LogP contribution < -0.4 is 5.32 Å². The molecule has 0 unspecified atom stereocenters. The Morgan fingerprint density at radius 1 is 1.53 bits per heavy atom. The maximum absolute atomic E-state index is 13.9. The largest absolute Gasteiger partial charge is 0.478 e. The van der Waals surface area contributed by atoms with Gasteiger partial charge in [-0.3, -0.25) is 0 Å². The van der Waals surface area contributed by atoms with Crippen LogP contribution in [0.5, 0.6) is 0 Å². The van der Waals surface area contributed by atoms with Crippen molar-refractivity contribution >= 4 is 28.3 Å². The zero-order valence-electron chi connectivity index (χ0n) is 9.76. The van der Waals surface area contributed by atoms with Crippen LogP contribution in [0.2, 0.25) is 0 Å². The Morgan fingerprint density at radius 3 is 3.00 bits per heavy atom. The van der Waals surface area contributed by atoms with Crippen molar-refractivity contribution in [3.05, 3.63) is 34.7 Å². The molecule has 0 radical (unpaired) electrons. The lowest BCUT2D eigenvalue weighted by molar-refractivity contribution is 0.0692. The van der Waals surface area contributed by atoms with Gasteiger partial charge in [0.05, 0.1) is 5.69 Å². The number of nitrogens with one attached hydrogen (secondary N) is 1. The summed E-state index contributed by atoms with van der Waals surface area (Å²) in [6.07, 6.45) is 3.54. The Balaban J connectivity index is 1.85. The third kappa shape index (κ3) is 2.41. The second-order valence-corrected chi connectivity index (χ2v) is 5.16. The molecule has 0 bridgehead atoms. The van der Waals surface area contributed by atoms with E-state index >= 15 is 0 Å². The van der Waals surface area contributed by atoms with Crippen LogP contribution >= 0.6 is 11.3 Å². The number of nitrogens with zero attached hydrogens (tertiary/aromatic N) is 2. The average molecular weight is 279 g/mol. The minimum Gasteiger partial charge on any atom is -0.478 e. The molecule has 0 saturated heterocycles. The Hall–Kier alpha value is -2.02. The molecule has 1 aliphatic rings. The lowest BCUT2D eigenvalue weighted by atomic mass is 10.2. The number of aromatic carboxylic acids is 1. The summed E-state index contributed by atoms with van der Waals surface area (Å²) >= 11 is 1.36. The van der Waals surface area contributed by atoms with E-state index in [0.29, 0.717) is 11.0 Å². The van der Waals surface area contributed by atoms with Crippen LogP contribution in [-0.4, -0.2) is 21.0 Å². The summed E-state index contributed by atoms with van der Waals surface area (Å²) in [5.41, 5.74) is 0.596. The molecule has 19 heavy (non-hydrogen) atoms. The molecule has 1 fully saturated rings. The van der Waals surface area contributed by atoms with E-state index in [2.05, 4.69) is 15.3 Å². The SMILES string of the molecule is O=C(O)c1ccnc(Nc2nc(C3CC3)cs2)c1F. The molecule has 7 heteroatoms. The Morgan fingerprint density at radius 2 is 2.32 bits per heavy atom. The van der Waals surface area contributed by atoms with E-state index in [0.717, 1.165) is 24.6 Å². The van der Waals surface area contributed by atoms with Crippen molar-refractivity contribution in [3.63, 3.8) is 0 Å². The van der Waals surface area contributed by atoms with Crippen molar-refractivity contribution in [1.82, 2.24) is 9.97 Å². The first kappa shape index (κ1) is 12.0. The van der Waals surface area contributed by atoms with E-state index in [9.17, 15) is 9.18 Å². The van der Waals surface area contributed by atoms with Gasteiger partial charge in [-0.2, -0.15) is 0 Å². The molecule has 0 atom stereocenters. The zero-order chi connectivity index (χ0) is 13.4. The van der Waals surface area contributed by atoms with Crippen molar-refractivity contribution < 1.29 is 14.3 Å². The van der Waals surface area contributed by atoms with E-state index in [1.807, 2.05) is 5.38 Å². The first-order valence-electron chi connectivity index (χ1n) is 5.75. The van der Waals surface area contributed by atoms with Gasteiger partial charge in [-0.15, -0.1) is 11.3 Å². The number of rotatable bonds is 4. The highest BCUT2D eigenvalue weighted by atomic mass is 32.1. The monoisotopic (exact) mass is 279 g/mol. The van der Waals surface area contributed by atoms with Gasteiger partial charge in [0, 0.05) is 17.5 Å². The minimum atomic E-state index is -1.32. The van der Waals surface area contributed by atoms with Crippen LogP contribution in [-0.2, 0) is 0 Å². The van der Waals surface area contributed by atoms with E-state index < -0.39 is 17.3 Å². The third-order valence-corrected chi connectivity index (χ3v) is 3.64. The van der Waals surface area contributed by atoms with Crippen molar-refractivity contribution in [2.45, 2.75) is 18.8 Å². The quantitative estimate of drug-likeness (QED) is 0.899. The highest BCUT2D eigenvalue weighted by Gasteiger charge is 2.26. The molecule has 0 amide bonds. The van der Waals surface area contributed by atoms with E-state index in [-0.39, 0.29) is 5.82 Å². The number of hydrogen-bond donors (Lipinski definition) is 2. The highest BCUT2D eigenvalue weighted by molar-refractivity contribution is 7.13. The summed E-state index contributed by atoms with van der Waals surface area (Å²) < 4.78 is 13.9. The van der Waals surface area contributed by atoms with Crippen LogP contribution in [0.1, 0.15) is 34.8 Å². The number of halogens is 1. The van der Waals surface area contributed by atoms with Gasteiger partial charge in [0.25, 0.3) is 0 Å². The summed E-state index contributed by atoms with van der Waals surface area (Å²) in [6.45, 7) is 0. The minimum absolute atomic E-state index is 0.114. The summed E-state index contributed by atoms with van der Waals surface area (Å²) in [5, 5.41) is 14.0. The number of carboxylic acid groups (broad SMARTS) is 1. The molecule has 2 aromatic heterocycles. The van der Waals surface area contributed by atoms with Gasteiger partial charge in [0.15, 0.2) is 16.8 Å². The molecule has 2 heterocycles. The fraction of sp³-hybridized carbons (Fsp3) is 0.250. The summed E-state index contributed by atoms with van der Waals surface area (Å²) in [7, 11) is 0. The first-order valence-corrected chi connectivity index (χ1v) is 6.63. The smallest absolute Gasteiger partial charge is 0.338 e. The Labute approximate surface area is 112 Å². The second kappa shape index (κ2) is 4.58. The first-order chi connectivity index (χ1) is 9.15. The predicted molar refractivity (Wildman–Crippen MR) is 68.5 cm³/mol. The van der Waals surface area contributed by atoms with Gasteiger partial charge >= 0.3 is 5.97 Å². The van der Waals surface area contributed by atoms with Crippen LogP contribution in [0.4, 0.5) is 15.3 Å². The van der Waals surface area contributed by atoms with Gasteiger partial charge in [0.2, 0.25) is 0 Å². The molecule has 0 spiro atoms. The lowest BCUT2D eigenvalue weighted by Crippen LogP contribution is -2.05. The van der Waals surface area contributed by atoms with Crippen LogP contribution in [0.15, 0.2) is 17.6 Å². The van der Waals surface area contributed by atoms with Crippen molar-refractivity contribution in [2.75, 3.05) is 5.32 Å². The molecule has 1 aliphatic carbocycles. The van der Waals surface area contributed by atoms with E-state index in [1.54, 1.807) is 0 Å². The van der Waals surface area contributed by atoms with Gasteiger partial charge in [-0.1, -0.05) is 0 Å². The molecule has 5 nitrogen and oxygen atoms in total. The number of hydrogen-bond acceptors (Lipinski definition) is 5. The normalized spacial score (nSPS) is 14.4. The molecule has 3 rings (SSSR count). The molecular weight excluding hydrogens is 269 g/mol. The fourth-order valence-electron chi connectivity index (χ4n) is 1.71.